The van der Waals surface area contributed by atoms with Gasteiger partial charge in [-0.2, -0.15) is 0 Å². The van der Waals surface area contributed by atoms with Gasteiger partial charge in [0.15, 0.2) is 12.4 Å². The summed E-state index contributed by atoms with van der Waals surface area (Å²) in [6.45, 7) is 9.35. The summed E-state index contributed by atoms with van der Waals surface area (Å²) in [7, 11) is 0. The van der Waals surface area contributed by atoms with Crippen LogP contribution in [0.5, 0.6) is 0 Å². The minimum Gasteiger partial charge on any atom is -0.443 e. The zero-order valence-corrected chi connectivity index (χ0v) is 14.8. The van der Waals surface area contributed by atoms with E-state index in [1.54, 1.807) is 27.7 Å². The van der Waals surface area contributed by atoms with Crippen LogP contribution in [0.1, 0.15) is 46.2 Å². The average molecular weight is 335 g/mol. The summed E-state index contributed by atoms with van der Waals surface area (Å²) >= 11 is 0. The first kappa shape index (κ1) is 18.4. The van der Waals surface area contributed by atoms with Crippen molar-refractivity contribution in [2.24, 2.45) is 0 Å². The maximum atomic E-state index is 12.5. The molecule has 2 amide bonds. The van der Waals surface area contributed by atoms with E-state index in [1.165, 1.54) is 0 Å². The lowest BCUT2D eigenvalue weighted by molar-refractivity contribution is -0.211. The Morgan fingerprint density at radius 3 is 2.42 bits per heavy atom. The smallest absolute Gasteiger partial charge is 0.417 e. The van der Waals surface area contributed by atoms with Crippen LogP contribution in [0.3, 0.4) is 0 Å². The van der Waals surface area contributed by atoms with E-state index in [0.29, 0.717) is 6.61 Å². The Morgan fingerprint density at radius 1 is 1.25 bits per heavy atom. The Balaban J connectivity index is 2.21. The highest BCUT2D eigenvalue weighted by Crippen LogP contribution is 2.38. The lowest BCUT2D eigenvalue weighted by Crippen LogP contribution is -2.63. The van der Waals surface area contributed by atoms with Gasteiger partial charge in [-0.1, -0.05) is 30.3 Å². The Hall–Kier alpha value is -1.92. The van der Waals surface area contributed by atoms with Crippen molar-refractivity contribution in [1.29, 1.82) is 0 Å². The van der Waals surface area contributed by atoms with Crippen LogP contribution in [0, 0.1) is 0 Å². The van der Waals surface area contributed by atoms with E-state index in [1.807, 2.05) is 37.3 Å². The maximum absolute atomic E-state index is 12.5. The third-order valence-electron chi connectivity index (χ3n) is 3.52. The van der Waals surface area contributed by atoms with Gasteiger partial charge in [-0.15, -0.1) is 0 Å². The zero-order chi connectivity index (χ0) is 17.9. The van der Waals surface area contributed by atoms with E-state index in [9.17, 15) is 9.59 Å². The molecule has 1 aliphatic heterocycles. The number of amides is 2. The van der Waals surface area contributed by atoms with Gasteiger partial charge in [0.1, 0.15) is 11.6 Å². The van der Waals surface area contributed by atoms with Crippen LogP contribution in [0.2, 0.25) is 0 Å². The summed E-state index contributed by atoms with van der Waals surface area (Å²) in [6.07, 6.45) is -1.96. The predicted molar refractivity (Wildman–Crippen MR) is 88.2 cm³/mol. The van der Waals surface area contributed by atoms with Crippen LogP contribution in [0.4, 0.5) is 4.79 Å². The molecule has 1 aromatic rings. The lowest BCUT2D eigenvalue weighted by atomic mass is 9.91. The standard InChI is InChI=1S/C18H25NO5/c1-6-22-12(2)23-15-14(13-10-8-7-9-11-13)19(16(15)20)17(21)24-18(3,4)5/h7-12,14-15H,6H2,1-5H3/t12-,14-,15-/m0/s1. The van der Waals surface area contributed by atoms with Crippen molar-refractivity contribution in [3.05, 3.63) is 35.9 Å². The molecule has 0 unspecified atom stereocenters. The van der Waals surface area contributed by atoms with E-state index in [-0.39, 0.29) is 0 Å². The molecule has 0 radical (unpaired) electrons. The fourth-order valence-electron chi connectivity index (χ4n) is 2.56. The molecule has 0 aliphatic carbocycles. The number of nitrogens with zero attached hydrogens (tertiary/aromatic N) is 1. The highest BCUT2D eigenvalue weighted by atomic mass is 16.7. The molecule has 6 nitrogen and oxygen atoms in total. The first-order chi connectivity index (χ1) is 11.2. The summed E-state index contributed by atoms with van der Waals surface area (Å²) in [5.74, 6) is -0.412. The maximum Gasteiger partial charge on any atom is 0.417 e. The minimum atomic E-state index is -0.763. The second-order valence-corrected chi connectivity index (χ2v) is 6.62. The monoisotopic (exact) mass is 335 g/mol. The number of likely N-dealkylation sites (tertiary alicyclic amines) is 1. The highest BCUT2D eigenvalue weighted by molar-refractivity contribution is 6.01. The topological polar surface area (TPSA) is 65.1 Å². The Morgan fingerprint density at radius 2 is 1.88 bits per heavy atom. The van der Waals surface area contributed by atoms with Gasteiger partial charge in [-0.3, -0.25) is 4.79 Å². The van der Waals surface area contributed by atoms with Crippen molar-refractivity contribution in [1.82, 2.24) is 4.90 Å². The summed E-state index contributed by atoms with van der Waals surface area (Å²) in [6, 6.07) is 8.78. The molecule has 24 heavy (non-hydrogen) atoms. The van der Waals surface area contributed by atoms with Crippen molar-refractivity contribution in [2.45, 2.75) is 58.7 Å². The summed E-state index contributed by atoms with van der Waals surface area (Å²) in [4.78, 5) is 26.0. The van der Waals surface area contributed by atoms with Crippen LogP contribution in [0.15, 0.2) is 30.3 Å². The lowest BCUT2D eigenvalue weighted by Gasteiger charge is -2.45. The molecule has 3 atom stereocenters. The largest absolute Gasteiger partial charge is 0.443 e. The number of ether oxygens (including phenoxy) is 3. The Labute approximate surface area is 142 Å². The molecule has 1 aliphatic rings. The van der Waals surface area contributed by atoms with Crippen LogP contribution in [-0.4, -0.2) is 41.5 Å². The molecule has 2 rings (SSSR count). The summed E-state index contributed by atoms with van der Waals surface area (Å²) in [5, 5.41) is 0. The summed E-state index contributed by atoms with van der Waals surface area (Å²) in [5.41, 5.74) is 0.139. The van der Waals surface area contributed by atoms with E-state index in [0.717, 1.165) is 10.5 Å². The van der Waals surface area contributed by atoms with E-state index in [2.05, 4.69) is 0 Å². The molecule has 132 valence electrons. The van der Waals surface area contributed by atoms with Crippen molar-refractivity contribution < 1.29 is 23.8 Å². The molecular formula is C18H25NO5. The molecule has 0 saturated carbocycles. The molecule has 0 aromatic heterocycles. The first-order valence-corrected chi connectivity index (χ1v) is 8.12. The van der Waals surface area contributed by atoms with Crippen molar-refractivity contribution >= 4 is 12.0 Å². The van der Waals surface area contributed by atoms with E-state index < -0.39 is 36.0 Å². The van der Waals surface area contributed by atoms with Gasteiger partial charge in [0.25, 0.3) is 5.91 Å². The molecule has 1 saturated heterocycles. The fourth-order valence-corrected chi connectivity index (χ4v) is 2.56. The fraction of sp³-hybridized carbons (Fsp3) is 0.556. The number of carbonyl (C=O) groups is 2. The Kier molecular flexibility index (Phi) is 5.62. The third-order valence-corrected chi connectivity index (χ3v) is 3.52. The van der Waals surface area contributed by atoms with Gasteiger partial charge in [-0.05, 0) is 40.2 Å². The third kappa shape index (κ3) is 4.13. The van der Waals surface area contributed by atoms with Crippen molar-refractivity contribution in [2.75, 3.05) is 6.61 Å². The number of hydrogen-bond donors (Lipinski definition) is 0. The van der Waals surface area contributed by atoms with Crippen molar-refractivity contribution in [3.63, 3.8) is 0 Å². The van der Waals surface area contributed by atoms with Gasteiger partial charge < -0.3 is 14.2 Å². The first-order valence-electron chi connectivity index (χ1n) is 8.12. The van der Waals surface area contributed by atoms with E-state index >= 15 is 0 Å². The molecule has 6 heteroatoms. The zero-order valence-electron chi connectivity index (χ0n) is 14.8. The van der Waals surface area contributed by atoms with Crippen molar-refractivity contribution in [3.8, 4) is 0 Å². The van der Waals surface area contributed by atoms with Crippen LogP contribution < -0.4 is 0 Å². The number of hydrogen-bond acceptors (Lipinski definition) is 5. The molecule has 1 aromatic carbocycles. The average Bonchev–Trinajstić information content (AvgIpc) is 2.49. The SMILES string of the molecule is CCO[C@H](C)O[C@@H]1C(=O)N(C(=O)OC(C)(C)C)[C@H]1c1ccccc1. The molecular weight excluding hydrogens is 310 g/mol. The summed E-state index contributed by atoms with van der Waals surface area (Å²) < 4.78 is 16.4. The molecule has 0 spiro atoms. The highest BCUT2D eigenvalue weighted by Gasteiger charge is 2.54. The number of β-lactam (4-membered cyclic amide) rings is 1. The predicted octanol–water partition coefficient (Wildman–Crippen LogP) is 3.27. The quantitative estimate of drug-likeness (QED) is 0.610. The second kappa shape index (κ2) is 7.32. The van der Waals surface area contributed by atoms with Gasteiger partial charge in [0.05, 0.1) is 0 Å². The second-order valence-electron chi connectivity index (χ2n) is 6.62. The number of rotatable bonds is 5. The molecule has 0 bridgehead atoms. The van der Waals surface area contributed by atoms with Gasteiger partial charge in [0, 0.05) is 6.61 Å². The molecule has 1 fully saturated rings. The van der Waals surface area contributed by atoms with Crippen LogP contribution in [-0.2, 0) is 19.0 Å². The molecule has 0 N–H and O–H groups in total. The molecule has 1 heterocycles. The minimum absolute atomic E-state index is 0.412. The number of imide groups is 1. The van der Waals surface area contributed by atoms with Gasteiger partial charge >= 0.3 is 6.09 Å². The van der Waals surface area contributed by atoms with Crippen LogP contribution in [0.25, 0.3) is 0 Å². The Bertz CT molecular complexity index is 581. The van der Waals surface area contributed by atoms with Gasteiger partial charge in [-0.25, -0.2) is 9.69 Å². The normalized spacial score (nSPS) is 22.0. The van der Waals surface area contributed by atoms with Gasteiger partial charge in [0.2, 0.25) is 0 Å². The number of carbonyl (C=O) groups excluding carboxylic acids is 2. The number of benzene rings is 1. The van der Waals surface area contributed by atoms with E-state index in [4.69, 9.17) is 14.2 Å². The van der Waals surface area contributed by atoms with Crippen LogP contribution >= 0.6 is 0 Å².